The number of carboxylic acid groups (broad SMARTS) is 1. The number of nitrogens with zero attached hydrogens (tertiary/aromatic N) is 1. The van der Waals surface area contributed by atoms with Crippen LogP contribution in [0.1, 0.15) is 24.5 Å². The summed E-state index contributed by atoms with van der Waals surface area (Å²) in [6.45, 7) is 3.12. The molecule has 0 amide bonds. The number of hydrogen-bond donors (Lipinski definition) is 1. The van der Waals surface area contributed by atoms with Crippen molar-refractivity contribution in [1.82, 2.24) is 4.90 Å². The van der Waals surface area contributed by atoms with E-state index in [1.807, 2.05) is 36.0 Å². The van der Waals surface area contributed by atoms with Crippen molar-refractivity contribution in [3.63, 3.8) is 0 Å². The molecule has 0 aromatic heterocycles. The highest BCUT2D eigenvalue weighted by atomic mass is 32.2. The zero-order valence-electron chi connectivity index (χ0n) is 11.9. The molecule has 0 bridgehead atoms. The molecule has 1 N–H and O–H groups in total. The van der Waals surface area contributed by atoms with Crippen LogP contribution in [-0.4, -0.2) is 41.1 Å². The molecule has 1 unspecified atom stereocenters. The topological polar surface area (TPSA) is 40.5 Å². The SMILES string of the molecule is CCC(CSC)N(C)Cc1ccc(CC(=O)O)cc1. The standard InChI is InChI=1S/C15H23NO2S/c1-4-14(11-19-3)16(2)10-13-7-5-12(6-8-13)9-15(17)18/h5-8,14H,4,9-11H2,1-3H3,(H,17,18). The first-order valence-electron chi connectivity index (χ1n) is 6.55. The summed E-state index contributed by atoms with van der Waals surface area (Å²) in [5, 5.41) is 8.73. The van der Waals surface area contributed by atoms with E-state index in [1.54, 1.807) is 0 Å². The average molecular weight is 281 g/mol. The minimum Gasteiger partial charge on any atom is -0.481 e. The number of carbonyl (C=O) groups is 1. The molecule has 0 heterocycles. The van der Waals surface area contributed by atoms with Crippen LogP contribution in [0.4, 0.5) is 0 Å². The Labute approximate surface area is 120 Å². The highest BCUT2D eigenvalue weighted by molar-refractivity contribution is 7.98. The van der Waals surface area contributed by atoms with Gasteiger partial charge in [0.05, 0.1) is 6.42 Å². The van der Waals surface area contributed by atoms with Crippen LogP contribution in [0.2, 0.25) is 0 Å². The van der Waals surface area contributed by atoms with Crippen molar-refractivity contribution in [2.75, 3.05) is 19.1 Å². The molecule has 1 rings (SSSR count). The number of hydrogen-bond acceptors (Lipinski definition) is 3. The van der Waals surface area contributed by atoms with Crippen LogP contribution < -0.4 is 0 Å². The predicted octanol–water partition coefficient (Wildman–Crippen LogP) is 2.89. The van der Waals surface area contributed by atoms with Gasteiger partial charge in [-0.2, -0.15) is 11.8 Å². The highest BCUT2D eigenvalue weighted by Gasteiger charge is 2.12. The summed E-state index contributed by atoms with van der Waals surface area (Å²) in [7, 11) is 2.15. The second-order valence-electron chi connectivity index (χ2n) is 4.82. The third-order valence-corrected chi connectivity index (χ3v) is 3.98. The zero-order chi connectivity index (χ0) is 14.3. The molecular formula is C15H23NO2S. The molecule has 0 saturated heterocycles. The summed E-state index contributed by atoms with van der Waals surface area (Å²) in [5.74, 6) is 0.361. The van der Waals surface area contributed by atoms with Gasteiger partial charge in [0.15, 0.2) is 0 Å². The van der Waals surface area contributed by atoms with E-state index in [2.05, 4.69) is 25.1 Å². The van der Waals surface area contributed by atoms with E-state index >= 15 is 0 Å². The molecule has 0 saturated carbocycles. The summed E-state index contributed by atoms with van der Waals surface area (Å²) in [6.07, 6.45) is 3.38. The smallest absolute Gasteiger partial charge is 0.307 e. The van der Waals surface area contributed by atoms with Crippen molar-refractivity contribution in [3.8, 4) is 0 Å². The first-order valence-corrected chi connectivity index (χ1v) is 7.95. The fraction of sp³-hybridized carbons (Fsp3) is 0.533. The van der Waals surface area contributed by atoms with Crippen LogP contribution in [0.5, 0.6) is 0 Å². The lowest BCUT2D eigenvalue weighted by molar-refractivity contribution is -0.136. The molecule has 0 radical (unpaired) electrons. The van der Waals surface area contributed by atoms with Gasteiger partial charge in [0.2, 0.25) is 0 Å². The number of thioether (sulfide) groups is 1. The van der Waals surface area contributed by atoms with Gasteiger partial charge in [0.25, 0.3) is 0 Å². The first-order chi connectivity index (χ1) is 9.06. The van der Waals surface area contributed by atoms with Crippen molar-refractivity contribution < 1.29 is 9.90 Å². The Morgan fingerprint density at radius 2 is 1.89 bits per heavy atom. The lowest BCUT2D eigenvalue weighted by atomic mass is 10.1. The van der Waals surface area contributed by atoms with E-state index in [1.165, 1.54) is 5.56 Å². The molecule has 106 valence electrons. The second-order valence-corrected chi connectivity index (χ2v) is 5.73. The van der Waals surface area contributed by atoms with E-state index < -0.39 is 5.97 Å². The van der Waals surface area contributed by atoms with Crippen molar-refractivity contribution >= 4 is 17.7 Å². The Bertz CT molecular complexity index is 392. The second kappa shape index (κ2) is 8.23. The molecule has 0 spiro atoms. The van der Waals surface area contributed by atoms with E-state index in [0.29, 0.717) is 6.04 Å². The number of rotatable bonds is 8. The predicted molar refractivity (Wildman–Crippen MR) is 81.7 cm³/mol. The maximum Gasteiger partial charge on any atom is 0.307 e. The Balaban J connectivity index is 2.59. The van der Waals surface area contributed by atoms with Crippen molar-refractivity contribution in [2.45, 2.75) is 32.4 Å². The van der Waals surface area contributed by atoms with Crippen molar-refractivity contribution in [1.29, 1.82) is 0 Å². The summed E-state index contributed by atoms with van der Waals surface area (Å²) in [5.41, 5.74) is 2.09. The van der Waals surface area contributed by atoms with Crippen LogP contribution in [0, 0.1) is 0 Å². The van der Waals surface area contributed by atoms with Crippen molar-refractivity contribution in [3.05, 3.63) is 35.4 Å². The molecule has 0 aliphatic rings. The van der Waals surface area contributed by atoms with E-state index in [4.69, 9.17) is 5.11 Å². The molecule has 1 aromatic rings. The average Bonchev–Trinajstić information content (AvgIpc) is 2.37. The quantitative estimate of drug-likeness (QED) is 0.795. The van der Waals surface area contributed by atoms with E-state index in [0.717, 1.165) is 24.3 Å². The third kappa shape index (κ3) is 5.66. The molecule has 19 heavy (non-hydrogen) atoms. The van der Waals surface area contributed by atoms with Crippen LogP contribution in [0.3, 0.4) is 0 Å². The number of benzene rings is 1. The lowest BCUT2D eigenvalue weighted by Gasteiger charge is -2.26. The van der Waals surface area contributed by atoms with Gasteiger partial charge in [-0.15, -0.1) is 0 Å². The fourth-order valence-corrected chi connectivity index (χ4v) is 2.98. The normalized spacial score (nSPS) is 12.6. The molecule has 0 aliphatic heterocycles. The van der Waals surface area contributed by atoms with Gasteiger partial charge in [-0.3, -0.25) is 9.69 Å². The molecule has 1 atom stereocenters. The van der Waals surface area contributed by atoms with Crippen LogP contribution in [-0.2, 0) is 17.8 Å². The fourth-order valence-electron chi connectivity index (χ4n) is 2.10. The highest BCUT2D eigenvalue weighted by Crippen LogP contribution is 2.13. The van der Waals surface area contributed by atoms with E-state index in [-0.39, 0.29) is 6.42 Å². The van der Waals surface area contributed by atoms with E-state index in [9.17, 15) is 4.79 Å². The largest absolute Gasteiger partial charge is 0.481 e. The Hall–Kier alpha value is -1.00. The Morgan fingerprint density at radius 3 is 2.37 bits per heavy atom. The number of carboxylic acids is 1. The summed E-state index contributed by atoms with van der Waals surface area (Å²) >= 11 is 1.88. The molecule has 0 aliphatic carbocycles. The zero-order valence-corrected chi connectivity index (χ0v) is 12.7. The summed E-state index contributed by atoms with van der Waals surface area (Å²) in [4.78, 5) is 13.0. The Kier molecular flexibility index (Phi) is 6.95. The molecular weight excluding hydrogens is 258 g/mol. The number of aliphatic carboxylic acids is 1. The van der Waals surface area contributed by atoms with Gasteiger partial charge in [-0.25, -0.2) is 0 Å². The van der Waals surface area contributed by atoms with Crippen LogP contribution in [0.15, 0.2) is 24.3 Å². The van der Waals surface area contributed by atoms with Gasteiger partial charge >= 0.3 is 5.97 Å². The monoisotopic (exact) mass is 281 g/mol. The molecule has 4 heteroatoms. The summed E-state index contributed by atoms with van der Waals surface area (Å²) in [6, 6.07) is 8.47. The molecule has 1 aromatic carbocycles. The van der Waals surface area contributed by atoms with Crippen LogP contribution >= 0.6 is 11.8 Å². The maximum atomic E-state index is 10.6. The Morgan fingerprint density at radius 1 is 1.32 bits per heavy atom. The third-order valence-electron chi connectivity index (χ3n) is 3.26. The molecule has 3 nitrogen and oxygen atoms in total. The van der Waals surface area contributed by atoms with Gasteiger partial charge in [0, 0.05) is 18.3 Å². The van der Waals surface area contributed by atoms with Gasteiger partial charge in [0.1, 0.15) is 0 Å². The minimum absolute atomic E-state index is 0.0974. The van der Waals surface area contributed by atoms with Gasteiger partial charge < -0.3 is 5.11 Å². The first kappa shape index (κ1) is 16.1. The minimum atomic E-state index is -0.782. The van der Waals surface area contributed by atoms with Crippen LogP contribution in [0.25, 0.3) is 0 Å². The van der Waals surface area contributed by atoms with Gasteiger partial charge in [-0.05, 0) is 30.9 Å². The maximum absolute atomic E-state index is 10.6. The lowest BCUT2D eigenvalue weighted by Crippen LogP contribution is -2.32. The van der Waals surface area contributed by atoms with Gasteiger partial charge in [-0.1, -0.05) is 31.2 Å². The molecule has 0 fully saturated rings. The summed E-state index contributed by atoms with van der Waals surface area (Å²) < 4.78 is 0. The van der Waals surface area contributed by atoms with Crippen molar-refractivity contribution in [2.24, 2.45) is 0 Å².